The molecule has 9 heteroatoms. The number of ether oxygens (including phenoxy) is 1. The molecule has 1 aliphatic rings. The standard InChI is InChI=1S/C28H28F5NO3/c1-18(34-13-11-27(36,12-14-34)21-7-9-22(10-8-21)28(31,32)33)25(35)20-15-23(29)26(24(30)16-20)37-17-19-5-3-2-4-6-19/h2-10,15-16,18,25,35-36H,11-14,17H2,1H3/t18-,25?/m1/s1. The van der Waals surface area contributed by atoms with E-state index in [1.54, 1.807) is 31.2 Å². The van der Waals surface area contributed by atoms with E-state index in [1.165, 1.54) is 12.1 Å². The molecule has 0 spiro atoms. The second kappa shape index (κ2) is 10.8. The van der Waals surface area contributed by atoms with Gasteiger partial charge in [-0.15, -0.1) is 0 Å². The second-order valence-electron chi connectivity index (χ2n) is 9.42. The van der Waals surface area contributed by atoms with Gasteiger partial charge in [0.05, 0.1) is 17.3 Å². The first kappa shape index (κ1) is 27.0. The predicted octanol–water partition coefficient (Wildman–Crippen LogP) is 5.97. The van der Waals surface area contributed by atoms with Gasteiger partial charge in [-0.3, -0.25) is 4.90 Å². The lowest BCUT2D eigenvalue weighted by Crippen LogP contribution is -2.47. The molecule has 0 bridgehead atoms. The highest BCUT2D eigenvalue weighted by Crippen LogP contribution is 2.37. The monoisotopic (exact) mass is 521 g/mol. The van der Waals surface area contributed by atoms with Crippen LogP contribution in [0.2, 0.25) is 0 Å². The first-order valence-corrected chi connectivity index (χ1v) is 12.0. The third kappa shape index (κ3) is 6.11. The normalized spacial score (nSPS) is 17.8. The summed E-state index contributed by atoms with van der Waals surface area (Å²) in [5.74, 6) is -2.37. The van der Waals surface area contributed by atoms with Gasteiger partial charge < -0.3 is 14.9 Å². The van der Waals surface area contributed by atoms with E-state index < -0.39 is 46.9 Å². The lowest BCUT2D eigenvalue weighted by atomic mass is 9.83. The van der Waals surface area contributed by atoms with Gasteiger partial charge in [-0.05, 0) is 60.7 Å². The van der Waals surface area contributed by atoms with Crippen LogP contribution in [0.4, 0.5) is 22.0 Å². The number of benzene rings is 3. The van der Waals surface area contributed by atoms with Gasteiger partial charge in [0.1, 0.15) is 6.61 Å². The predicted molar refractivity (Wildman–Crippen MR) is 128 cm³/mol. The molecule has 0 aromatic heterocycles. The van der Waals surface area contributed by atoms with Gasteiger partial charge in [-0.2, -0.15) is 13.2 Å². The molecule has 1 fully saturated rings. The molecule has 3 aromatic carbocycles. The van der Waals surface area contributed by atoms with E-state index in [4.69, 9.17) is 4.74 Å². The summed E-state index contributed by atoms with van der Waals surface area (Å²) in [7, 11) is 0. The Morgan fingerprint density at radius 1 is 0.946 bits per heavy atom. The summed E-state index contributed by atoms with van der Waals surface area (Å²) < 4.78 is 73.2. The number of hydrogen-bond acceptors (Lipinski definition) is 4. The Kier molecular flexibility index (Phi) is 7.87. The van der Waals surface area contributed by atoms with E-state index in [0.29, 0.717) is 18.7 Å². The van der Waals surface area contributed by atoms with Crippen LogP contribution in [0, 0.1) is 11.6 Å². The van der Waals surface area contributed by atoms with Crippen molar-refractivity contribution in [3.63, 3.8) is 0 Å². The van der Waals surface area contributed by atoms with Gasteiger partial charge in [-0.1, -0.05) is 42.5 Å². The van der Waals surface area contributed by atoms with Crippen LogP contribution < -0.4 is 4.74 Å². The lowest BCUT2D eigenvalue weighted by Gasteiger charge is -2.42. The summed E-state index contributed by atoms with van der Waals surface area (Å²) in [5, 5.41) is 21.9. The molecule has 3 aromatic rings. The van der Waals surface area contributed by atoms with Gasteiger partial charge in [0.25, 0.3) is 0 Å². The molecular weight excluding hydrogens is 493 g/mol. The van der Waals surface area contributed by atoms with Crippen LogP contribution in [-0.4, -0.2) is 34.2 Å². The molecule has 1 aliphatic heterocycles. The van der Waals surface area contributed by atoms with Crippen LogP contribution >= 0.6 is 0 Å². The fraction of sp³-hybridized carbons (Fsp3) is 0.357. The highest BCUT2D eigenvalue weighted by atomic mass is 19.4. The van der Waals surface area contributed by atoms with Crippen LogP contribution in [-0.2, 0) is 18.4 Å². The summed E-state index contributed by atoms with van der Waals surface area (Å²) in [6, 6.07) is 15.0. The average molecular weight is 522 g/mol. The topological polar surface area (TPSA) is 52.9 Å². The van der Waals surface area contributed by atoms with Gasteiger partial charge >= 0.3 is 6.18 Å². The maximum Gasteiger partial charge on any atom is 0.416 e. The van der Waals surface area contributed by atoms with E-state index in [1.807, 2.05) is 11.0 Å². The minimum atomic E-state index is -4.46. The summed E-state index contributed by atoms with van der Waals surface area (Å²) in [6.07, 6.45) is -5.22. The van der Waals surface area contributed by atoms with Crippen molar-refractivity contribution in [2.24, 2.45) is 0 Å². The first-order chi connectivity index (χ1) is 17.5. The number of piperidine rings is 1. The molecule has 0 aliphatic carbocycles. The fourth-order valence-corrected chi connectivity index (χ4v) is 4.66. The largest absolute Gasteiger partial charge is 0.483 e. The molecule has 0 saturated carbocycles. The Balaban J connectivity index is 1.39. The zero-order valence-electron chi connectivity index (χ0n) is 20.2. The van der Waals surface area contributed by atoms with Crippen molar-refractivity contribution >= 4 is 0 Å². The van der Waals surface area contributed by atoms with Crippen molar-refractivity contribution in [2.45, 2.75) is 50.3 Å². The van der Waals surface area contributed by atoms with E-state index >= 15 is 0 Å². The number of halogens is 5. The van der Waals surface area contributed by atoms with Crippen molar-refractivity contribution in [2.75, 3.05) is 13.1 Å². The van der Waals surface area contributed by atoms with E-state index in [-0.39, 0.29) is 25.0 Å². The van der Waals surface area contributed by atoms with Gasteiger partial charge in [0, 0.05) is 19.1 Å². The summed E-state index contributed by atoms with van der Waals surface area (Å²) in [6.45, 7) is 2.36. The summed E-state index contributed by atoms with van der Waals surface area (Å²) in [4.78, 5) is 1.87. The molecule has 1 saturated heterocycles. The zero-order chi connectivity index (χ0) is 26.8. The molecule has 37 heavy (non-hydrogen) atoms. The molecule has 1 unspecified atom stereocenters. The van der Waals surface area contributed by atoms with Crippen LogP contribution in [0.25, 0.3) is 0 Å². The van der Waals surface area contributed by atoms with E-state index in [0.717, 1.165) is 29.8 Å². The van der Waals surface area contributed by atoms with Crippen molar-refractivity contribution in [1.82, 2.24) is 4.90 Å². The maximum atomic E-state index is 14.7. The van der Waals surface area contributed by atoms with Crippen molar-refractivity contribution < 1.29 is 36.9 Å². The van der Waals surface area contributed by atoms with Crippen molar-refractivity contribution in [3.8, 4) is 5.75 Å². The van der Waals surface area contributed by atoms with Crippen LogP contribution in [0.15, 0.2) is 66.7 Å². The zero-order valence-corrected chi connectivity index (χ0v) is 20.2. The smallest absolute Gasteiger partial charge is 0.416 e. The minimum Gasteiger partial charge on any atom is -0.483 e. The number of hydrogen-bond donors (Lipinski definition) is 2. The first-order valence-electron chi connectivity index (χ1n) is 12.0. The highest BCUT2D eigenvalue weighted by molar-refractivity contribution is 5.34. The third-order valence-corrected chi connectivity index (χ3v) is 7.00. The van der Waals surface area contributed by atoms with E-state index in [9.17, 15) is 32.2 Å². The highest BCUT2D eigenvalue weighted by Gasteiger charge is 2.38. The molecule has 2 N–H and O–H groups in total. The number of aliphatic hydroxyl groups is 2. The number of alkyl halides is 3. The summed E-state index contributed by atoms with van der Waals surface area (Å²) >= 11 is 0. The van der Waals surface area contributed by atoms with Crippen LogP contribution in [0.3, 0.4) is 0 Å². The number of rotatable bonds is 7. The molecule has 4 rings (SSSR count). The van der Waals surface area contributed by atoms with Crippen LogP contribution in [0.5, 0.6) is 5.75 Å². The Bertz CT molecular complexity index is 1170. The molecule has 2 atom stereocenters. The second-order valence-corrected chi connectivity index (χ2v) is 9.42. The molecule has 0 radical (unpaired) electrons. The van der Waals surface area contributed by atoms with Gasteiger partial charge in [-0.25, -0.2) is 8.78 Å². The fourth-order valence-electron chi connectivity index (χ4n) is 4.66. The molecule has 0 amide bonds. The molecule has 198 valence electrons. The Morgan fingerprint density at radius 3 is 2.05 bits per heavy atom. The number of nitrogens with zero attached hydrogens (tertiary/aromatic N) is 1. The van der Waals surface area contributed by atoms with E-state index in [2.05, 4.69) is 0 Å². The average Bonchev–Trinajstić information content (AvgIpc) is 2.88. The SMILES string of the molecule is C[C@H](C(O)c1cc(F)c(OCc2ccccc2)c(F)c1)N1CCC(O)(c2ccc(C(F)(F)F)cc2)CC1. The number of aliphatic hydroxyl groups excluding tert-OH is 1. The Labute approximate surface area is 211 Å². The Hall–Kier alpha value is -3.01. The molecule has 1 heterocycles. The molecule has 4 nitrogen and oxygen atoms in total. The van der Waals surface area contributed by atoms with Gasteiger partial charge in [0.2, 0.25) is 0 Å². The quantitative estimate of drug-likeness (QED) is 0.377. The maximum absolute atomic E-state index is 14.7. The third-order valence-electron chi connectivity index (χ3n) is 7.00. The summed E-state index contributed by atoms with van der Waals surface area (Å²) in [5.41, 5.74) is -0.895. The van der Waals surface area contributed by atoms with Crippen molar-refractivity contribution in [1.29, 1.82) is 0 Å². The van der Waals surface area contributed by atoms with Gasteiger partial charge in [0.15, 0.2) is 17.4 Å². The van der Waals surface area contributed by atoms with Crippen molar-refractivity contribution in [3.05, 3.63) is 101 Å². The molecular formula is C28H28F5NO3. The van der Waals surface area contributed by atoms with Crippen LogP contribution in [0.1, 0.15) is 48.1 Å². The Morgan fingerprint density at radius 2 is 1.51 bits per heavy atom. The minimum absolute atomic E-state index is 0.0113. The lowest BCUT2D eigenvalue weighted by molar-refractivity contribution is -0.137. The number of likely N-dealkylation sites (tertiary alicyclic amines) is 1.